The second-order valence-corrected chi connectivity index (χ2v) is 3.13. The third-order valence-electron chi connectivity index (χ3n) is 2.06. The summed E-state index contributed by atoms with van der Waals surface area (Å²) in [4.78, 5) is 10.8. The summed E-state index contributed by atoms with van der Waals surface area (Å²) in [6.45, 7) is 2.03. The lowest BCUT2D eigenvalue weighted by Crippen LogP contribution is -1.99. The number of hydrogen-bond donors (Lipinski definition) is 0. The van der Waals surface area contributed by atoms with Gasteiger partial charge in [0.15, 0.2) is 0 Å². The lowest BCUT2D eigenvalue weighted by Gasteiger charge is -2.08. The zero-order chi connectivity index (χ0) is 9.26. The number of hydrogen-bond acceptors (Lipinski definition) is 2. The van der Waals surface area contributed by atoms with Crippen LogP contribution in [0.2, 0.25) is 0 Å². The molecule has 1 unspecified atom stereocenters. The number of carbonyl (C=O) groups is 1. The largest absolute Gasteiger partial charge is 0.450 e. The third kappa shape index (κ3) is 1.61. The normalized spacial score (nSPS) is 20.4. The van der Waals surface area contributed by atoms with Crippen LogP contribution in [-0.2, 0) is 9.53 Å². The predicted molar refractivity (Wildman–Crippen MR) is 49.2 cm³/mol. The minimum atomic E-state index is -0.259. The fourth-order valence-corrected chi connectivity index (χ4v) is 1.30. The number of carbonyl (C=O) groups excluding carboxylic acids is 1. The highest BCUT2D eigenvalue weighted by atomic mass is 16.5. The van der Waals surface area contributed by atoms with Crippen molar-refractivity contribution in [1.29, 1.82) is 0 Å². The molecular formula is C11H10O2. The summed E-state index contributed by atoms with van der Waals surface area (Å²) < 4.78 is 5.04. The van der Waals surface area contributed by atoms with E-state index in [0.717, 1.165) is 5.56 Å². The fourth-order valence-electron chi connectivity index (χ4n) is 1.30. The summed E-state index contributed by atoms with van der Waals surface area (Å²) in [6, 6.07) is 7.97. The molecule has 1 heterocycles. The molecule has 0 N–H and O–H groups in total. The van der Waals surface area contributed by atoms with Crippen molar-refractivity contribution in [2.45, 2.75) is 13.0 Å². The lowest BCUT2D eigenvalue weighted by molar-refractivity contribution is -0.138. The second kappa shape index (κ2) is 3.05. The first kappa shape index (κ1) is 8.05. The van der Waals surface area contributed by atoms with E-state index in [1.54, 1.807) is 6.08 Å². The van der Waals surface area contributed by atoms with Gasteiger partial charge in [-0.15, -0.1) is 0 Å². The van der Waals surface area contributed by atoms with E-state index in [0.29, 0.717) is 0 Å². The van der Waals surface area contributed by atoms with Crippen LogP contribution in [0, 0.1) is 6.92 Å². The molecule has 1 aromatic carbocycles. The smallest absolute Gasteiger partial charge is 0.331 e. The number of benzene rings is 1. The van der Waals surface area contributed by atoms with Gasteiger partial charge in [-0.1, -0.05) is 29.8 Å². The molecule has 0 fully saturated rings. The first-order valence-corrected chi connectivity index (χ1v) is 4.21. The molecule has 0 spiro atoms. The van der Waals surface area contributed by atoms with Crippen LogP contribution in [0.25, 0.3) is 0 Å². The van der Waals surface area contributed by atoms with Crippen LogP contribution in [0.15, 0.2) is 36.4 Å². The molecule has 0 amide bonds. The quantitative estimate of drug-likeness (QED) is 0.610. The molecule has 0 aliphatic carbocycles. The Kier molecular flexibility index (Phi) is 1.89. The minimum Gasteiger partial charge on any atom is -0.450 e. The molecule has 2 rings (SSSR count). The number of cyclic esters (lactones) is 1. The van der Waals surface area contributed by atoms with Gasteiger partial charge in [0.1, 0.15) is 6.10 Å². The van der Waals surface area contributed by atoms with Gasteiger partial charge in [-0.05, 0) is 18.6 Å². The van der Waals surface area contributed by atoms with Crippen molar-refractivity contribution in [2.75, 3.05) is 0 Å². The molecule has 1 atom stereocenters. The second-order valence-electron chi connectivity index (χ2n) is 3.13. The highest BCUT2D eigenvalue weighted by Crippen LogP contribution is 2.23. The summed E-state index contributed by atoms with van der Waals surface area (Å²) in [7, 11) is 0. The van der Waals surface area contributed by atoms with E-state index in [-0.39, 0.29) is 12.1 Å². The van der Waals surface area contributed by atoms with Gasteiger partial charge in [0.25, 0.3) is 0 Å². The zero-order valence-electron chi connectivity index (χ0n) is 7.36. The van der Waals surface area contributed by atoms with Crippen LogP contribution in [0.4, 0.5) is 0 Å². The molecule has 1 aliphatic heterocycles. The van der Waals surface area contributed by atoms with Crippen molar-refractivity contribution in [2.24, 2.45) is 0 Å². The van der Waals surface area contributed by atoms with Crippen LogP contribution in [0.1, 0.15) is 17.2 Å². The first-order valence-electron chi connectivity index (χ1n) is 4.21. The topological polar surface area (TPSA) is 26.3 Å². The van der Waals surface area contributed by atoms with Crippen LogP contribution in [-0.4, -0.2) is 5.97 Å². The van der Waals surface area contributed by atoms with E-state index >= 15 is 0 Å². The summed E-state index contributed by atoms with van der Waals surface area (Å²) in [5.41, 5.74) is 2.23. The first-order chi connectivity index (χ1) is 6.25. The van der Waals surface area contributed by atoms with Crippen LogP contribution < -0.4 is 0 Å². The summed E-state index contributed by atoms with van der Waals surface area (Å²) in [5, 5.41) is 0. The predicted octanol–water partition coefficient (Wildman–Crippen LogP) is 2.15. The Labute approximate surface area is 76.8 Å². The molecule has 0 aromatic heterocycles. The molecule has 1 aromatic rings. The van der Waals surface area contributed by atoms with Crippen molar-refractivity contribution >= 4 is 5.97 Å². The van der Waals surface area contributed by atoms with E-state index < -0.39 is 0 Å². The molecule has 66 valence electrons. The van der Waals surface area contributed by atoms with Gasteiger partial charge in [0.05, 0.1) is 0 Å². The van der Waals surface area contributed by atoms with Crippen molar-refractivity contribution in [3.05, 3.63) is 47.5 Å². The Morgan fingerprint density at radius 1 is 1.23 bits per heavy atom. The minimum absolute atomic E-state index is 0.187. The Morgan fingerprint density at radius 2 is 1.92 bits per heavy atom. The molecule has 0 saturated carbocycles. The van der Waals surface area contributed by atoms with Crippen molar-refractivity contribution in [3.8, 4) is 0 Å². The average Bonchev–Trinajstić information content (AvgIpc) is 2.53. The Balaban J connectivity index is 2.22. The van der Waals surface area contributed by atoms with Crippen molar-refractivity contribution < 1.29 is 9.53 Å². The Bertz CT molecular complexity index is 349. The Morgan fingerprint density at radius 3 is 2.46 bits per heavy atom. The van der Waals surface area contributed by atoms with E-state index in [2.05, 4.69) is 0 Å². The number of esters is 1. The van der Waals surface area contributed by atoms with Crippen molar-refractivity contribution in [3.63, 3.8) is 0 Å². The third-order valence-corrected chi connectivity index (χ3v) is 2.06. The SMILES string of the molecule is Cc1ccc(C2C=CC(=O)O2)cc1. The van der Waals surface area contributed by atoms with E-state index in [1.165, 1.54) is 11.6 Å². The zero-order valence-corrected chi connectivity index (χ0v) is 7.36. The molecule has 0 radical (unpaired) electrons. The fraction of sp³-hybridized carbons (Fsp3) is 0.182. The Hall–Kier alpha value is -1.57. The molecule has 2 heteroatoms. The van der Waals surface area contributed by atoms with Crippen LogP contribution in [0.3, 0.4) is 0 Å². The highest BCUT2D eigenvalue weighted by Gasteiger charge is 2.17. The van der Waals surface area contributed by atoms with Crippen LogP contribution >= 0.6 is 0 Å². The summed E-state index contributed by atoms with van der Waals surface area (Å²) in [6.07, 6.45) is 3.05. The maximum Gasteiger partial charge on any atom is 0.331 e. The lowest BCUT2D eigenvalue weighted by atomic mass is 10.1. The standard InChI is InChI=1S/C11H10O2/c1-8-2-4-9(5-3-8)10-6-7-11(12)13-10/h2-7,10H,1H3. The summed E-state index contributed by atoms with van der Waals surface area (Å²) >= 11 is 0. The van der Waals surface area contributed by atoms with Crippen LogP contribution in [0.5, 0.6) is 0 Å². The molecule has 2 nitrogen and oxygen atoms in total. The number of aryl methyl sites for hydroxylation is 1. The maximum atomic E-state index is 10.8. The van der Waals surface area contributed by atoms with Gasteiger partial charge in [0, 0.05) is 6.08 Å². The molecular weight excluding hydrogens is 164 g/mol. The van der Waals surface area contributed by atoms with Gasteiger partial charge in [-0.2, -0.15) is 0 Å². The van der Waals surface area contributed by atoms with Gasteiger partial charge >= 0.3 is 5.97 Å². The van der Waals surface area contributed by atoms with E-state index in [1.807, 2.05) is 31.2 Å². The molecule has 0 bridgehead atoms. The molecule has 0 saturated heterocycles. The van der Waals surface area contributed by atoms with E-state index in [4.69, 9.17) is 4.74 Å². The molecule has 1 aliphatic rings. The van der Waals surface area contributed by atoms with Gasteiger partial charge in [-0.25, -0.2) is 4.79 Å². The summed E-state index contributed by atoms with van der Waals surface area (Å²) in [5.74, 6) is -0.259. The number of ether oxygens (including phenoxy) is 1. The van der Waals surface area contributed by atoms with Gasteiger partial charge < -0.3 is 4.74 Å². The van der Waals surface area contributed by atoms with Crippen molar-refractivity contribution in [1.82, 2.24) is 0 Å². The average molecular weight is 174 g/mol. The molecule has 13 heavy (non-hydrogen) atoms. The highest BCUT2D eigenvalue weighted by molar-refractivity contribution is 5.84. The monoisotopic (exact) mass is 174 g/mol. The number of rotatable bonds is 1. The van der Waals surface area contributed by atoms with Gasteiger partial charge in [-0.3, -0.25) is 0 Å². The van der Waals surface area contributed by atoms with E-state index in [9.17, 15) is 4.79 Å². The maximum absolute atomic E-state index is 10.8. The van der Waals surface area contributed by atoms with Gasteiger partial charge in [0.2, 0.25) is 0 Å².